The minimum atomic E-state index is -0.00166. The maximum atomic E-state index is 5.58. The smallest absolute Gasteiger partial charge is 0.243 e. The molecular formula is C13H19N3O2. The lowest BCUT2D eigenvalue weighted by molar-refractivity contribution is 0.313. The highest BCUT2D eigenvalue weighted by Crippen LogP contribution is 2.20. The summed E-state index contributed by atoms with van der Waals surface area (Å²) < 4.78 is 10.8. The molecule has 2 rings (SSSR count). The van der Waals surface area contributed by atoms with E-state index in [-0.39, 0.29) is 12.1 Å². The van der Waals surface area contributed by atoms with Gasteiger partial charge in [0.05, 0.1) is 12.1 Å². The lowest BCUT2D eigenvalue weighted by Crippen LogP contribution is -2.22. The van der Waals surface area contributed by atoms with Crippen LogP contribution in [0, 0.1) is 6.92 Å². The number of aromatic nitrogens is 2. The van der Waals surface area contributed by atoms with Gasteiger partial charge in [-0.25, -0.2) is 0 Å². The third-order valence-electron chi connectivity index (χ3n) is 2.86. The predicted molar refractivity (Wildman–Crippen MR) is 67.1 cm³/mol. The Bertz CT molecular complexity index is 504. The fraction of sp³-hybridized carbons (Fsp3) is 0.538. The van der Waals surface area contributed by atoms with Gasteiger partial charge in [-0.05, 0) is 32.9 Å². The molecule has 0 saturated heterocycles. The van der Waals surface area contributed by atoms with Crippen LogP contribution in [0.2, 0.25) is 0 Å². The Labute approximate surface area is 107 Å². The molecule has 0 fully saturated rings. The minimum absolute atomic E-state index is 0.00166. The topological polar surface area (TPSA) is 64.1 Å². The molecule has 0 spiro atoms. The summed E-state index contributed by atoms with van der Waals surface area (Å²) in [5, 5.41) is 7.26. The molecule has 18 heavy (non-hydrogen) atoms. The van der Waals surface area contributed by atoms with Crippen molar-refractivity contribution in [1.29, 1.82) is 0 Å². The van der Waals surface area contributed by atoms with Gasteiger partial charge >= 0.3 is 0 Å². The molecule has 0 aromatic carbocycles. The molecule has 5 heteroatoms. The summed E-state index contributed by atoms with van der Waals surface area (Å²) in [4.78, 5) is 4.31. The summed E-state index contributed by atoms with van der Waals surface area (Å²) in [7, 11) is 0. The van der Waals surface area contributed by atoms with Gasteiger partial charge in [0.25, 0.3) is 0 Å². The lowest BCUT2D eigenvalue weighted by Gasteiger charge is -2.15. The van der Waals surface area contributed by atoms with Gasteiger partial charge in [-0.1, -0.05) is 12.1 Å². The zero-order valence-electron chi connectivity index (χ0n) is 11.2. The Hall–Kier alpha value is -1.62. The Balaban J connectivity index is 2.00. The maximum Gasteiger partial charge on any atom is 0.243 e. The Morgan fingerprint density at radius 2 is 2.06 bits per heavy atom. The average Bonchev–Trinajstić information content (AvgIpc) is 2.97. The summed E-state index contributed by atoms with van der Waals surface area (Å²) >= 11 is 0. The molecule has 0 bridgehead atoms. The van der Waals surface area contributed by atoms with E-state index in [1.807, 2.05) is 39.8 Å². The molecular weight excluding hydrogens is 230 g/mol. The second-order valence-corrected chi connectivity index (χ2v) is 4.46. The SMILES string of the molecule is CCc1noc([C@@H](C)N[C@@H](C)c2ccc(C)o2)n1. The number of furan rings is 1. The van der Waals surface area contributed by atoms with Crippen LogP contribution < -0.4 is 5.32 Å². The van der Waals surface area contributed by atoms with Crippen molar-refractivity contribution in [2.75, 3.05) is 0 Å². The number of hydrogen-bond donors (Lipinski definition) is 1. The summed E-state index contributed by atoms with van der Waals surface area (Å²) in [6, 6.07) is 4.04. The van der Waals surface area contributed by atoms with Crippen molar-refractivity contribution in [3.63, 3.8) is 0 Å². The third kappa shape index (κ3) is 2.79. The van der Waals surface area contributed by atoms with E-state index in [0.29, 0.717) is 5.89 Å². The first-order valence-corrected chi connectivity index (χ1v) is 6.25. The highest BCUT2D eigenvalue weighted by atomic mass is 16.5. The van der Waals surface area contributed by atoms with Gasteiger partial charge in [0.1, 0.15) is 11.5 Å². The monoisotopic (exact) mass is 249 g/mol. The number of rotatable bonds is 5. The molecule has 2 aromatic rings. The zero-order valence-corrected chi connectivity index (χ0v) is 11.2. The molecule has 0 radical (unpaired) electrons. The molecule has 5 nitrogen and oxygen atoms in total. The standard InChI is InChI=1S/C13H19N3O2/c1-5-12-15-13(18-16-12)10(4)14-9(3)11-7-6-8(2)17-11/h6-7,9-10,14H,5H2,1-4H3/t9-,10+/m0/s1. The van der Waals surface area contributed by atoms with Crippen LogP contribution in [0.5, 0.6) is 0 Å². The van der Waals surface area contributed by atoms with E-state index in [2.05, 4.69) is 15.5 Å². The number of aryl methyl sites for hydroxylation is 2. The molecule has 0 amide bonds. The molecule has 2 aromatic heterocycles. The number of nitrogens with zero attached hydrogens (tertiary/aromatic N) is 2. The summed E-state index contributed by atoms with van der Waals surface area (Å²) in [6.07, 6.45) is 0.781. The van der Waals surface area contributed by atoms with Crippen molar-refractivity contribution in [2.45, 2.75) is 46.2 Å². The van der Waals surface area contributed by atoms with E-state index >= 15 is 0 Å². The van der Waals surface area contributed by atoms with Crippen molar-refractivity contribution in [3.8, 4) is 0 Å². The second kappa shape index (κ2) is 5.35. The molecule has 1 N–H and O–H groups in total. The molecule has 0 aliphatic heterocycles. The molecule has 0 aliphatic carbocycles. The van der Waals surface area contributed by atoms with Crippen molar-refractivity contribution >= 4 is 0 Å². The van der Waals surface area contributed by atoms with Gasteiger partial charge in [-0.2, -0.15) is 4.98 Å². The molecule has 2 atom stereocenters. The Morgan fingerprint density at radius 3 is 2.61 bits per heavy atom. The lowest BCUT2D eigenvalue weighted by atomic mass is 10.2. The van der Waals surface area contributed by atoms with Crippen LogP contribution in [-0.2, 0) is 6.42 Å². The zero-order chi connectivity index (χ0) is 13.1. The van der Waals surface area contributed by atoms with Crippen LogP contribution in [0.15, 0.2) is 21.1 Å². The van der Waals surface area contributed by atoms with Crippen LogP contribution in [0.1, 0.15) is 56.1 Å². The summed E-state index contributed by atoms with van der Waals surface area (Å²) in [5.41, 5.74) is 0. The highest BCUT2D eigenvalue weighted by molar-refractivity contribution is 5.09. The average molecular weight is 249 g/mol. The van der Waals surface area contributed by atoms with Crippen molar-refractivity contribution < 1.29 is 8.94 Å². The van der Waals surface area contributed by atoms with Crippen molar-refractivity contribution in [1.82, 2.24) is 15.5 Å². The first-order valence-electron chi connectivity index (χ1n) is 6.25. The van der Waals surface area contributed by atoms with Crippen LogP contribution >= 0.6 is 0 Å². The predicted octanol–water partition coefficient (Wildman–Crippen LogP) is 2.95. The fourth-order valence-corrected chi connectivity index (χ4v) is 1.80. The van der Waals surface area contributed by atoms with E-state index in [1.165, 1.54) is 0 Å². The molecule has 0 saturated carbocycles. The quantitative estimate of drug-likeness (QED) is 0.882. The molecule has 98 valence electrons. The van der Waals surface area contributed by atoms with Crippen molar-refractivity contribution in [3.05, 3.63) is 35.4 Å². The van der Waals surface area contributed by atoms with E-state index in [1.54, 1.807) is 0 Å². The number of nitrogens with one attached hydrogen (secondary N) is 1. The maximum absolute atomic E-state index is 5.58. The fourth-order valence-electron chi connectivity index (χ4n) is 1.80. The third-order valence-corrected chi connectivity index (χ3v) is 2.86. The second-order valence-electron chi connectivity index (χ2n) is 4.46. The van der Waals surface area contributed by atoms with E-state index < -0.39 is 0 Å². The van der Waals surface area contributed by atoms with E-state index in [0.717, 1.165) is 23.8 Å². The largest absolute Gasteiger partial charge is 0.465 e. The van der Waals surface area contributed by atoms with E-state index in [4.69, 9.17) is 8.94 Å². The molecule has 0 unspecified atom stereocenters. The summed E-state index contributed by atoms with van der Waals surface area (Å²) in [6.45, 7) is 7.98. The van der Waals surface area contributed by atoms with Gasteiger partial charge < -0.3 is 8.94 Å². The molecule has 0 aliphatic rings. The molecule has 2 heterocycles. The van der Waals surface area contributed by atoms with E-state index in [9.17, 15) is 0 Å². The minimum Gasteiger partial charge on any atom is -0.465 e. The Morgan fingerprint density at radius 1 is 1.28 bits per heavy atom. The van der Waals surface area contributed by atoms with Crippen LogP contribution in [0.25, 0.3) is 0 Å². The first-order chi connectivity index (χ1) is 8.60. The van der Waals surface area contributed by atoms with Crippen molar-refractivity contribution in [2.24, 2.45) is 0 Å². The highest BCUT2D eigenvalue weighted by Gasteiger charge is 2.18. The van der Waals surface area contributed by atoms with Gasteiger partial charge in [0.15, 0.2) is 5.82 Å². The number of hydrogen-bond acceptors (Lipinski definition) is 5. The summed E-state index contributed by atoms with van der Waals surface area (Å²) in [5.74, 6) is 3.18. The van der Waals surface area contributed by atoms with Crippen LogP contribution in [0.4, 0.5) is 0 Å². The van der Waals surface area contributed by atoms with Crippen LogP contribution in [0.3, 0.4) is 0 Å². The Kier molecular flexibility index (Phi) is 3.81. The van der Waals surface area contributed by atoms with Crippen LogP contribution in [-0.4, -0.2) is 10.1 Å². The normalized spacial score (nSPS) is 14.7. The van der Waals surface area contributed by atoms with Gasteiger partial charge in [0, 0.05) is 6.42 Å². The van der Waals surface area contributed by atoms with Gasteiger partial charge in [0.2, 0.25) is 5.89 Å². The first kappa shape index (κ1) is 12.8. The van der Waals surface area contributed by atoms with Gasteiger partial charge in [-0.3, -0.25) is 5.32 Å². The van der Waals surface area contributed by atoms with Gasteiger partial charge in [-0.15, -0.1) is 0 Å².